The molecule has 7 nitrogen and oxygen atoms in total. The topological polar surface area (TPSA) is 84.3 Å². The Bertz CT molecular complexity index is 842. The largest absolute Gasteiger partial charge is 0.477 e. The number of nitrogens with zero attached hydrogens (tertiary/aromatic N) is 3. The molecule has 168 valence electrons. The molecule has 0 saturated carbocycles. The summed E-state index contributed by atoms with van der Waals surface area (Å²) < 4.78 is 0.694. The lowest BCUT2D eigenvalue weighted by molar-refractivity contribution is -0.157. The second kappa shape index (κ2) is 9.95. The van der Waals surface area contributed by atoms with Gasteiger partial charge < -0.3 is 10.2 Å². The predicted octanol–water partition coefficient (Wildman–Crippen LogP) is 2.09. The van der Waals surface area contributed by atoms with E-state index in [9.17, 15) is 19.8 Å². The maximum atomic E-state index is 12.4. The average Bonchev–Trinajstić information content (AvgIpc) is 3.10. The number of thioether (sulfide) groups is 2. The Labute approximate surface area is 191 Å². The van der Waals surface area contributed by atoms with Crippen LogP contribution in [0.4, 0.5) is 0 Å². The van der Waals surface area contributed by atoms with Crippen LogP contribution in [0, 0.1) is 5.92 Å². The van der Waals surface area contributed by atoms with Gasteiger partial charge in [-0.15, -0.1) is 11.8 Å². The van der Waals surface area contributed by atoms with Gasteiger partial charge in [0.05, 0.1) is 16.3 Å². The van der Waals surface area contributed by atoms with E-state index < -0.39 is 18.0 Å². The molecule has 2 fully saturated rings. The van der Waals surface area contributed by atoms with Crippen LogP contribution in [-0.2, 0) is 16.1 Å². The lowest BCUT2D eigenvalue weighted by atomic mass is 9.90. The van der Waals surface area contributed by atoms with Crippen molar-refractivity contribution < 1.29 is 19.8 Å². The summed E-state index contributed by atoms with van der Waals surface area (Å²) in [6.45, 7) is 7.76. The molecule has 3 aliphatic heterocycles. The summed E-state index contributed by atoms with van der Waals surface area (Å²) in [4.78, 5) is 30.5. The van der Waals surface area contributed by atoms with Crippen molar-refractivity contribution in [3.05, 3.63) is 45.8 Å². The van der Waals surface area contributed by atoms with E-state index >= 15 is 0 Å². The third-order valence-electron chi connectivity index (χ3n) is 6.14. The molecule has 0 aromatic heterocycles. The summed E-state index contributed by atoms with van der Waals surface area (Å²) in [5, 5.41) is 19.5. The first-order chi connectivity index (χ1) is 15.0. The predicted molar refractivity (Wildman–Crippen MR) is 123 cm³/mol. The van der Waals surface area contributed by atoms with Crippen LogP contribution in [0.1, 0.15) is 18.9 Å². The molecule has 1 aromatic carbocycles. The van der Waals surface area contributed by atoms with Gasteiger partial charge in [0.25, 0.3) is 0 Å². The highest BCUT2D eigenvalue weighted by Gasteiger charge is 2.58. The minimum absolute atomic E-state index is 0.0947. The van der Waals surface area contributed by atoms with Crippen molar-refractivity contribution in [1.82, 2.24) is 14.7 Å². The Morgan fingerprint density at radius 3 is 2.52 bits per heavy atom. The second-order valence-corrected chi connectivity index (χ2v) is 10.6. The molecule has 3 aliphatic rings. The van der Waals surface area contributed by atoms with Crippen LogP contribution in [0.2, 0.25) is 0 Å². The zero-order valence-corrected chi connectivity index (χ0v) is 19.3. The van der Waals surface area contributed by atoms with Gasteiger partial charge in [-0.2, -0.15) is 0 Å². The minimum Gasteiger partial charge on any atom is -0.477 e. The van der Waals surface area contributed by atoms with Gasteiger partial charge in [-0.3, -0.25) is 19.5 Å². The highest BCUT2D eigenvalue weighted by molar-refractivity contribution is 8.22. The van der Waals surface area contributed by atoms with Crippen LogP contribution in [-0.4, -0.2) is 86.7 Å². The smallest absolute Gasteiger partial charge is 0.354 e. The molecule has 3 heterocycles. The molecule has 1 aromatic rings. The van der Waals surface area contributed by atoms with Crippen LogP contribution in [0.5, 0.6) is 0 Å². The number of carbonyl (C=O) groups is 2. The third-order valence-corrected chi connectivity index (χ3v) is 8.77. The van der Waals surface area contributed by atoms with Crippen LogP contribution < -0.4 is 0 Å². The summed E-state index contributed by atoms with van der Waals surface area (Å²) in [5.74, 6) is -1.05. The second-order valence-electron chi connectivity index (χ2n) is 8.11. The van der Waals surface area contributed by atoms with Crippen molar-refractivity contribution in [2.75, 3.05) is 38.5 Å². The van der Waals surface area contributed by atoms with E-state index in [1.54, 1.807) is 0 Å². The Hall–Kier alpha value is -1.52. The number of carbonyl (C=O) groups excluding carboxylic acids is 1. The average molecular weight is 464 g/mol. The number of hydrogen-bond acceptors (Lipinski definition) is 7. The van der Waals surface area contributed by atoms with E-state index in [4.69, 9.17) is 0 Å². The number of hydrogen-bond donors (Lipinski definition) is 2. The Balaban J connectivity index is 1.25. The fourth-order valence-corrected chi connectivity index (χ4v) is 7.25. The van der Waals surface area contributed by atoms with Gasteiger partial charge in [0.1, 0.15) is 5.37 Å². The lowest BCUT2D eigenvalue weighted by Gasteiger charge is -2.44. The van der Waals surface area contributed by atoms with Crippen molar-refractivity contribution in [2.45, 2.75) is 31.4 Å². The maximum Gasteiger partial charge on any atom is 0.354 e. The molecule has 0 aliphatic carbocycles. The molecule has 1 amide bonds. The van der Waals surface area contributed by atoms with Crippen molar-refractivity contribution in [3.63, 3.8) is 0 Å². The normalized spacial score (nSPS) is 25.5. The highest BCUT2D eigenvalue weighted by atomic mass is 32.2. The number of aliphatic hydroxyl groups is 1. The molecule has 2 saturated heterocycles. The molecule has 9 heteroatoms. The quantitative estimate of drug-likeness (QED) is 0.539. The number of aliphatic carboxylic acids is 1. The molecule has 0 spiro atoms. The van der Waals surface area contributed by atoms with Gasteiger partial charge in [0.2, 0.25) is 5.91 Å². The number of aliphatic hydroxyl groups excluding tert-OH is 1. The summed E-state index contributed by atoms with van der Waals surface area (Å²) in [7, 11) is 0. The first kappa shape index (κ1) is 22.7. The standard InChI is InChI=1S/C22H29N3O4S2/c1-2-16(26)17-19(27)25-18(21(28)29)22(31-20(17)25)30-13-12-23-8-10-24(11-9-23)14-15-6-4-3-5-7-15/h3-7,16-17,20,26H,2,8-14H2,1H3,(H,28,29). The zero-order chi connectivity index (χ0) is 22.0. The number of piperazine rings is 1. The Kier molecular flexibility index (Phi) is 7.28. The van der Waals surface area contributed by atoms with E-state index in [1.807, 2.05) is 13.0 Å². The molecule has 2 N–H and O–H groups in total. The molecule has 3 unspecified atom stereocenters. The van der Waals surface area contributed by atoms with Crippen LogP contribution in [0.3, 0.4) is 0 Å². The van der Waals surface area contributed by atoms with Crippen molar-refractivity contribution in [3.8, 4) is 0 Å². The third kappa shape index (κ3) is 4.80. The van der Waals surface area contributed by atoms with Crippen LogP contribution >= 0.6 is 23.5 Å². The molecule has 0 radical (unpaired) electrons. The van der Waals surface area contributed by atoms with Crippen molar-refractivity contribution in [1.29, 1.82) is 0 Å². The molecular weight excluding hydrogens is 434 g/mol. The Morgan fingerprint density at radius 1 is 1.19 bits per heavy atom. The SMILES string of the molecule is CCC(O)C1C(=O)N2C(C(=O)O)=C(SCCN3CCN(Cc4ccccc4)CC3)SC12. The van der Waals surface area contributed by atoms with E-state index in [1.165, 1.54) is 34.0 Å². The number of benzene rings is 1. The van der Waals surface area contributed by atoms with Crippen molar-refractivity contribution >= 4 is 35.4 Å². The van der Waals surface area contributed by atoms with Crippen molar-refractivity contribution in [2.24, 2.45) is 5.92 Å². The van der Waals surface area contributed by atoms with Gasteiger partial charge in [0, 0.05) is 45.0 Å². The summed E-state index contributed by atoms with van der Waals surface area (Å²) in [6, 6.07) is 10.5. The number of amides is 1. The number of carboxylic acids is 1. The molecule has 4 rings (SSSR count). The lowest BCUT2D eigenvalue weighted by Crippen LogP contribution is -2.61. The summed E-state index contributed by atoms with van der Waals surface area (Å²) in [5.41, 5.74) is 1.43. The molecular formula is C22H29N3O4S2. The molecule has 0 bridgehead atoms. The number of carboxylic acid groups (broad SMARTS) is 1. The van der Waals surface area contributed by atoms with Crippen LogP contribution in [0.25, 0.3) is 0 Å². The molecule has 31 heavy (non-hydrogen) atoms. The van der Waals surface area contributed by atoms with E-state index in [0.29, 0.717) is 10.7 Å². The van der Waals surface area contributed by atoms with Gasteiger partial charge in [-0.05, 0) is 12.0 Å². The Morgan fingerprint density at radius 2 is 1.87 bits per heavy atom. The minimum atomic E-state index is -1.06. The number of fused-ring (bicyclic) bond motifs is 1. The van der Waals surface area contributed by atoms with Gasteiger partial charge in [-0.1, -0.05) is 49.0 Å². The first-order valence-corrected chi connectivity index (χ1v) is 12.6. The fourth-order valence-electron chi connectivity index (χ4n) is 4.30. The summed E-state index contributed by atoms with van der Waals surface area (Å²) >= 11 is 2.94. The fraction of sp³-hybridized carbons (Fsp3) is 0.545. The number of rotatable bonds is 9. The highest BCUT2D eigenvalue weighted by Crippen LogP contribution is 2.53. The number of β-lactam (4-membered cyclic amide) rings is 1. The van der Waals surface area contributed by atoms with Gasteiger partial charge in [0.15, 0.2) is 5.70 Å². The first-order valence-electron chi connectivity index (χ1n) is 10.8. The van der Waals surface area contributed by atoms with Crippen LogP contribution in [0.15, 0.2) is 40.3 Å². The monoisotopic (exact) mass is 463 g/mol. The zero-order valence-electron chi connectivity index (χ0n) is 17.6. The van der Waals surface area contributed by atoms with Gasteiger partial charge in [-0.25, -0.2) is 4.79 Å². The molecule has 3 atom stereocenters. The van der Waals surface area contributed by atoms with E-state index in [0.717, 1.165) is 45.0 Å². The maximum absolute atomic E-state index is 12.4. The van der Waals surface area contributed by atoms with E-state index in [2.05, 4.69) is 34.1 Å². The van der Waals surface area contributed by atoms with Gasteiger partial charge >= 0.3 is 5.97 Å². The van der Waals surface area contributed by atoms with E-state index in [-0.39, 0.29) is 17.0 Å². The summed E-state index contributed by atoms with van der Waals surface area (Å²) in [6.07, 6.45) is -0.226.